The van der Waals surface area contributed by atoms with Crippen LogP contribution in [-0.4, -0.2) is 94.2 Å². The molecule has 4 atom stereocenters. The zero-order chi connectivity index (χ0) is 27.8. The van der Waals surface area contributed by atoms with Gasteiger partial charge in [0.2, 0.25) is 23.6 Å². The van der Waals surface area contributed by atoms with Gasteiger partial charge < -0.3 is 54.2 Å². The fourth-order valence-corrected chi connectivity index (χ4v) is 2.74. The fraction of sp³-hybridized carbons (Fsp3) is 0.632. The van der Waals surface area contributed by atoms with E-state index in [2.05, 4.69) is 20.9 Å². The van der Waals surface area contributed by atoms with E-state index in [1.807, 2.05) is 0 Å². The molecule has 36 heavy (non-hydrogen) atoms. The van der Waals surface area contributed by atoms with Gasteiger partial charge in [-0.25, -0.2) is 4.79 Å². The second-order valence-corrected chi connectivity index (χ2v) is 7.70. The second kappa shape index (κ2) is 16.6. The van der Waals surface area contributed by atoms with Gasteiger partial charge in [-0.15, -0.1) is 0 Å². The number of hydrogen-bond acceptors (Lipinski definition) is 9. The van der Waals surface area contributed by atoms with E-state index >= 15 is 0 Å². The van der Waals surface area contributed by atoms with Crippen LogP contribution in [0.3, 0.4) is 0 Å². The second-order valence-electron chi connectivity index (χ2n) is 7.70. The molecule has 4 unspecified atom stereocenters. The number of nitrogens with two attached hydrogens (primary N) is 4. The van der Waals surface area contributed by atoms with E-state index in [4.69, 9.17) is 28.0 Å². The van der Waals surface area contributed by atoms with Gasteiger partial charge in [0.05, 0.1) is 12.6 Å². The van der Waals surface area contributed by atoms with Crippen molar-refractivity contribution in [3.8, 4) is 0 Å². The van der Waals surface area contributed by atoms with Gasteiger partial charge in [0, 0.05) is 19.4 Å². The number of carbonyl (C=O) groups excluding carboxylic acids is 4. The molecule has 0 radical (unpaired) electrons. The van der Waals surface area contributed by atoms with Crippen molar-refractivity contribution in [2.24, 2.45) is 27.9 Å². The molecule has 0 heterocycles. The number of carbonyl (C=O) groups is 6. The first-order valence-electron chi connectivity index (χ1n) is 10.8. The average Bonchev–Trinajstić information content (AvgIpc) is 2.79. The Balaban J connectivity index is 5.26. The van der Waals surface area contributed by atoms with Crippen LogP contribution in [0.25, 0.3) is 0 Å². The standard InChI is InChI=1S/C19H34N8O9/c20-9(3-5-13(21)29)15(32)25-10(4-6-14(30)31)16(33)27-12(8-28)17(34)26-11(18(35)36)2-1-7-24-19(22)23/h9-12,28H,1-8,20H2,(H2,21,29)(H,25,32)(H,26,34)(H,27,33)(H,30,31)(H,35,36)(H4,22,23,24). The Labute approximate surface area is 206 Å². The summed E-state index contributed by atoms with van der Waals surface area (Å²) in [6.45, 7) is -0.829. The average molecular weight is 519 g/mol. The highest BCUT2D eigenvalue weighted by molar-refractivity contribution is 5.94. The zero-order valence-electron chi connectivity index (χ0n) is 19.5. The van der Waals surface area contributed by atoms with Crippen molar-refractivity contribution in [1.29, 1.82) is 0 Å². The SMILES string of the molecule is NC(=O)CCC(N)C(=O)NC(CCC(=O)O)C(=O)NC(CO)C(=O)NC(CCCN=C(N)N)C(=O)O. The molecule has 0 rings (SSSR count). The number of aliphatic carboxylic acids is 2. The highest BCUT2D eigenvalue weighted by Gasteiger charge is 2.30. The molecule has 204 valence electrons. The van der Waals surface area contributed by atoms with Crippen LogP contribution in [0.1, 0.15) is 38.5 Å². The number of amides is 4. The lowest BCUT2D eigenvalue weighted by Gasteiger charge is -2.24. The quantitative estimate of drug-likeness (QED) is 0.0463. The summed E-state index contributed by atoms with van der Waals surface area (Å²) in [6.07, 6.45) is -1.13. The molecule has 0 aliphatic heterocycles. The summed E-state index contributed by atoms with van der Waals surface area (Å²) in [7, 11) is 0. The molecule has 0 saturated heterocycles. The molecule has 0 aliphatic rings. The highest BCUT2D eigenvalue weighted by Crippen LogP contribution is 2.03. The lowest BCUT2D eigenvalue weighted by Crippen LogP contribution is -2.58. The van der Waals surface area contributed by atoms with E-state index < -0.39 is 79.2 Å². The van der Waals surface area contributed by atoms with Gasteiger partial charge in [-0.2, -0.15) is 0 Å². The minimum absolute atomic E-state index is 0.0650. The van der Waals surface area contributed by atoms with E-state index in [0.29, 0.717) is 0 Å². The van der Waals surface area contributed by atoms with Crippen molar-refractivity contribution >= 4 is 41.5 Å². The molecule has 0 saturated carbocycles. The van der Waals surface area contributed by atoms with Gasteiger partial charge in [0.1, 0.15) is 18.1 Å². The predicted octanol–water partition coefficient (Wildman–Crippen LogP) is -4.97. The topological polar surface area (TPSA) is 316 Å². The van der Waals surface area contributed by atoms with Crippen LogP contribution in [0.2, 0.25) is 0 Å². The number of primary amides is 1. The van der Waals surface area contributed by atoms with Crippen molar-refractivity contribution in [3.05, 3.63) is 0 Å². The smallest absolute Gasteiger partial charge is 0.326 e. The molecule has 17 heteroatoms. The number of aliphatic hydroxyl groups excluding tert-OH is 1. The highest BCUT2D eigenvalue weighted by atomic mass is 16.4. The van der Waals surface area contributed by atoms with Gasteiger partial charge in [0.25, 0.3) is 0 Å². The van der Waals surface area contributed by atoms with Crippen LogP contribution >= 0.6 is 0 Å². The number of carboxylic acids is 2. The molecule has 0 spiro atoms. The lowest BCUT2D eigenvalue weighted by molar-refractivity contribution is -0.142. The largest absolute Gasteiger partial charge is 0.481 e. The molecule has 0 aromatic rings. The summed E-state index contributed by atoms with van der Waals surface area (Å²) in [5.41, 5.74) is 21.0. The number of nitrogens with one attached hydrogen (secondary N) is 3. The first kappa shape index (κ1) is 32.0. The minimum atomic E-state index is -1.62. The number of aliphatic hydroxyl groups is 1. The van der Waals surface area contributed by atoms with Crippen molar-refractivity contribution in [2.75, 3.05) is 13.2 Å². The van der Waals surface area contributed by atoms with Crippen molar-refractivity contribution in [2.45, 2.75) is 62.7 Å². The molecule has 0 aromatic heterocycles. The van der Waals surface area contributed by atoms with Crippen LogP contribution in [0, 0.1) is 0 Å². The Kier molecular flexibility index (Phi) is 14.8. The number of hydrogen-bond donors (Lipinski definition) is 10. The lowest BCUT2D eigenvalue weighted by atomic mass is 10.1. The van der Waals surface area contributed by atoms with Crippen molar-refractivity contribution in [1.82, 2.24) is 16.0 Å². The van der Waals surface area contributed by atoms with Gasteiger partial charge in [0.15, 0.2) is 5.96 Å². The summed E-state index contributed by atoms with van der Waals surface area (Å²) >= 11 is 0. The number of nitrogens with zero attached hydrogens (tertiary/aromatic N) is 1. The summed E-state index contributed by atoms with van der Waals surface area (Å²) in [5.74, 6) is -6.49. The van der Waals surface area contributed by atoms with Crippen molar-refractivity contribution < 1.29 is 44.1 Å². The molecule has 4 amide bonds. The van der Waals surface area contributed by atoms with Gasteiger partial charge >= 0.3 is 11.9 Å². The van der Waals surface area contributed by atoms with E-state index in [-0.39, 0.29) is 38.2 Å². The Bertz CT molecular complexity index is 832. The Morgan fingerprint density at radius 1 is 0.750 bits per heavy atom. The van der Waals surface area contributed by atoms with Crippen LogP contribution in [0.4, 0.5) is 0 Å². The van der Waals surface area contributed by atoms with Crippen LogP contribution in [-0.2, 0) is 28.8 Å². The summed E-state index contributed by atoms with van der Waals surface area (Å²) in [4.78, 5) is 74.3. The Hall–Kier alpha value is -3.99. The minimum Gasteiger partial charge on any atom is -0.481 e. The molecule has 14 N–H and O–H groups in total. The zero-order valence-corrected chi connectivity index (χ0v) is 19.5. The van der Waals surface area contributed by atoms with Gasteiger partial charge in [-0.3, -0.25) is 29.0 Å². The number of guanidine groups is 1. The Morgan fingerprint density at radius 3 is 1.81 bits per heavy atom. The summed E-state index contributed by atoms with van der Waals surface area (Å²) < 4.78 is 0. The maximum absolute atomic E-state index is 12.7. The third kappa shape index (κ3) is 13.7. The van der Waals surface area contributed by atoms with Crippen LogP contribution < -0.4 is 38.9 Å². The van der Waals surface area contributed by atoms with E-state index in [0.717, 1.165) is 0 Å². The van der Waals surface area contributed by atoms with E-state index in [1.54, 1.807) is 0 Å². The summed E-state index contributed by atoms with van der Waals surface area (Å²) in [6, 6.07) is -5.71. The third-order valence-electron chi connectivity index (χ3n) is 4.69. The van der Waals surface area contributed by atoms with Crippen LogP contribution in [0.5, 0.6) is 0 Å². The van der Waals surface area contributed by atoms with Gasteiger partial charge in [-0.05, 0) is 25.7 Å². The third-order valence-corrected chi connectivity index (χ3v) is 4.69. The van der Waals surface area contributed by atoms with Gasteiger partial charge in [-0.1, -0.05) is 0 Å². The first-order valence-corrected chi connectivity index (χ1v) is 10.8. The Morgan fingerprint density at radius 2 is 1.31 bits per heavy atom. The van der Waals surface area contributed by atoms with E-state index in [1.165, 1.54) is 0 Å². The molecular weight excluding hydrogens is 484 g/mol. The normalized spacial score (nSPS) is 13.8. The fourth-order valence-electron chi connectivity index (χ4n) is 2.74. The number of aliphatic imine (C=N–C) groups is 1. The number of carboxylic acid groups (broad SMARTS) is 2. The monoisotopic (exact) mass is 518 g/mol. The molecule has 0 bridgehead atoms. The molecule has 0 aliphatic carbocycles. The molecule has 0 fully saturated rings. The number of rotatable bonds is 18. The van der Waals surface area contributed by atoms with E-state index in [9.17, 15) is 39.0 Å². The van der Waals surface area contributed by atoms with Crippen LogP contribution in [0.15, 0.2) is 4.99 Å². The molecule has 17 nitrogen and oxygen atoms in total. The molecule has 0 aromatic carbocycles. The molecular formula is C19H34N8O9. The van der Waals surface area contributed by atoms with Crippen molar-refractivity contribution in [3.63, 3.8) is 0 Å². The predicted molar refractivity (Wildman–Crippen MR) is 124 cm³/mol. The maximum Gasteiger partial charge on any atom is 0.326 e. The summed E-state index contributed by atoms with van der Waals surface area (Å²) in [5, 5.41) is 34.3. The maximum atomic E-state index is 12.7. The first-order chi connectivity index (χ1) is 16.8.